The second kappa shape index (κ2) is 4.56. The zero-order chi connectivity index (χ0) is 11.4. The molecule has 0 aliphatic carbocycles. The van der Waals surface area contributed by atoms with Crippen LogP contribution in [0.2, 0.25) is 0 Å². The van der Waals surface area contributed by atoms with E-state index in [0.717, 1.165) is 0 Å². The third-order valence-electron chi connectivity index (χ3n) is 1.98. The number of anilines is 1. The maximum absolute atomic E-state index is 11.6. The number of hydrogen-bond donors (Lipinski definition) is 3. The highest BCUT2D eigenvalue weighted by atomic mass is 16.5. The van der Waals surface area contributed by atoms with Gasteiger partial charge in [-0.25, -0.2) is 0 Å². The summed E-state index contributed by atoms with van der Waals surface area (Å²) in [6, 6.07) is 5.31. The van der Waals surface area contributed by atoms with E-state index in [-0.39, 0.29) is 12.2 Å². The molecule has 5 N–H and O–H groups in total. The van der Waals surface area contributed by atoms with Crippen molar-refractivity contribution >= 4 is 17.4 Å². The molecule has 1 rings (SSSR count). The van der Waals surface area contributed by atoms with Gasteiger partial charge in [-0.15, -0.1) is 0 Å². The molecule has 15 heavy (non-hydrogen) atoms. The molecular weight excluding hydrogens is 199 g/mol. The van der Waals surface area contributed by atoms with E-state index in [1.54, 1.807) is 24.3 Å². The van der Waals surface area contributed by atoms with Gasteiger partial charge in [0, 0.05) is 17.7 Å². The molecule has 0 radical (unpaired) electrons. The average Bonchev–Trinajstić information content (AvgIpc) is 2.18. The van der Waals surface area contributed by atoms with E-state index in [9.17, 15) is 9.59 Å². The minimum Gasteiger partial charge on any atom is -0.480 e. The van der Waals surface area contributed by atoms with Gasteiger partial charge in [-0.3, -0.25) is 9.59 Å². The Morgan fingerprint density at radius 2 is 2.00 bits per heavy atom. The molecule has 0 bridgehead atoms. The second-order valence-corrected chi connectivity index (χ2v) is 3.16. The summed E-state index contributed by atoms with van der Waals surface area (Å²) < 4.78 is 0. The van der Waals surface area contributed by atoms with Crippen molar-refractivity contribution in [3.8, 4) is 0 Å². The summed E-state index contributed by atoms with van der Waals surface area (Å²) in [5.74, 6) is -1.55. The fourth-order valence-electron chi connectivity index (χ4n) is 1.15. The normalized spacial score (nSPS) is 12.1. The van der Waals surface area contributed by atoms with Crippen LogP contribution in [0.3, 0.4) is 0 Å². The molecule has 0 aliphatic heterocycles. The van der Waals surface area contributed by atoms with E-state index in [1.807, 2.05) is 0 Å². The van der Waals surface area contributed by atoms with Crippen LogP contribution in [0.1, 0.15) is 16.8 Å². The van der Waals surface area contributed by atoms with Crippen molar-refractivity contribution in [2.45, 2.75) is 12.5 Å². The van der Waals surface area contributed by atoms with E-state index < -0.39 is 12.0 Å². The Morgan fingerprint density at radius 3 is 2.53 bits per heavy atom. The van der Waals surface area contributed by atoms with Gasteiger partial charge in [0.25, 0.3) is 0 Å². The van der Waals surface area contributed by atoms with Crippen molar-refractivity contribution in [3.05, 3.63) is 29.8 Å². The van der Waals surface area contributed by atoms with E-state index >= 15 is 0 Å². The molecule has 1 aromatic carbocycles. The zero-order valence-electron chi connectivity index (χ0n) is 8.01. The largest absolute Gasteiger partial charge is 0.480 e. The lowest BCUT2D eigenvalue weighted by atomic mass is 10.2. The third-order valence-corrected chi connectivity index (χ3v) is 1.98. The topological polar surface area (TPSA) is 106 Å². The monoisotopic (exact) mass is 211 g/mol. The Bertz CT molecular complexity index is 390. The number of nitrogens with two attached hydrogens (primary N) is 2. The molecule has 1 unspecified atom stereocenters. The minimum atomic E-state index is -1.20. The predicted octanol–water partition coefficient (Wildman–Crippen LogP) is 0.254. The zero-order valence-corrected chi connectivity index (χ0v) is 8.01. The van der Waals surface area contributed by atoms with Gasteiger partial charge in [0.15, 0.2) is 5.78 Å². The number of para-hydroxylation sites is 1. The number of Topliss-reactive ketones (excluding diaryl/α,β-unsaturated/α-hetero) is 1. The molecule has 0 amide bonds. The summed E-state index contributed by atoms with van der Waals surface area (Å²) in [5.41, 5.74) is 11.5. The highest BCUT2D eigenvalue weighted by Gasteiger charge is 2.18. The van der Waals surface area contributed by atoms with Gasteiger partial charge >= 0.3 is 5.97 Å². The van der Waals surface area contributed by atoms with E-state index in [2.05, 4.69) is 0 Å². The quantitative estimate of drug-likeness (QED) is 0.376. The van der Waals surface area contributed by atoms with Crippen LogP contribution in [0.25, 0.3) is 0 Å². The summed E-state index contributed by atoms with van der Waals surface area (Å²) in [6.07, 6.45) is -0.246. The van der Waals surface area contributed by atoms with Gasteiger partial charge in [-0.1, -0.05) is 12.1 Å². The summed E-state index contributed by atoms with van der Waals surface area (Å²) in [7, 11) is 0. The average molecular weight is 211 g/mol. The van der Waals surface area contributed by atoms with Crippen molar-refractivity contribution in [3.63, 3.8) is 0 Å². The van der Waals surface area contributed by atoms with E-state index in [1.165, 1.54) is 0 Å². The number of rotatable bonds is 4. The Hall–Kier alpha value is -1.88. The Kier molecular flexibility index (Phi) is 3.41. The Morgan fingerprint density at radius 1 is 1.40 bits per heavy atom. The molecule has 0 heterocycles. The number of carbonyl (C=O) groups excluding carboxylic acids is 1. The number of benzene rings is 1. The predicted molar refractivity (Wildman–Crippen MR) is 55.4 cm³/mol. The van der Waals surface area contributed by atoms with Gasteiger partial charge in [-0.05, 0) is 12.1 Å². The molecule has 80 valence electrons. The number of nitrogen functional groups attached to an aromatic ring is 1. The number of hydrogen-bond acceptors (Lipinski definition) is 4. The van der Waals surface area contributed by atoms with Crippen molar-refractivity contribution < 1.29 is 14.7 Å². The van der Waals surface area contributed by atoms with Gasteiger partial charge in [0.2, 0.25) is 0 Å². The van der Waals surface area contributed by atoms with Crippen LogP contribution in [-0.2, 0) is 4.79 Å². The molecule has 5 nitrogen and oxygen atoms in total. The van der Waals surface area contributed by atoms with Crippen molar-refractivity contribution in [1.29, 1.82) is 0 Å². The number of carbonyl (C=O) groups is 2. The highest BCUT2D eigenvalue weighted by molar-refractivity contribution is 6.02. The molecule has 0 aromatic heterocycles. The highest BCUT2D eigenvalue weighted by Crippen LogP contribution is 2.13. The smallest absolute Gasteiger partial charge is 0.320 e. The Labute approximate surface area is 86.7 Å². The first kappa shape index (κ1) is 11.2. The number of ketones is 1. The van der Waals surface area contributed by atoms with Gasteiger partial charge in [0.05, 0.1) is 0 Å². The molecule has 1 aromatic rings. The summed E-state index contributed by atoms with van der Waals surface area (Å²) in [5, 5.41) is 8.54. The lowest BCUT2D eigenvalue weighted by Gasteiger charge is -2.07. The van der Waals surface area contributed by atoms with Gasteiger partial charge < -0.3 is 16.6 Å². The molecule has 0 saturated carbocycles. The van der Waals surface area contributed by atoms with Crippen LogP contribution >= 0.6 is 0 Å². The summed E-state index contributed by atoms with van der Waals surface area (Å²) >= 11 is 0. The first-order valence-corrected chi connectivity index (χ1v) is 4.38. The number of carboxylic acids is 1. The fraction of sp³-hybridized carbons (Fsp3) is 0.200. The van der Waals surface area contributed by atoms with Crippen LogP contribution in [-0.4, -0.2) is 22.9 Å². The molecule has 5 heteroatoms. The van der Waals surface area contributed by atoms with Crippen molar-refractivity contribution in [2.75, 3.05) is 5.73 Å². The third kappa shape index (κ3) is 2.78. The van der Waals surface area contributed by atoms with Crippen LogP contribution in [0.15, 0.2) is 24.3 Å². The van der Waals surface area contributed by atoms with Gasteiger partial charge in [0.1, 0.15) is 6.04 Å². The standard InChI is InChI=1S/C10H12N2O3/c11-7-4-2-1-3-6(7)9(13)5-8(12)10(14)15/h1-4,8H,5,11-12H2,(H,14,15)/i5+1,8+1,9+1,10+1,12-1. The van der Waals surface area contributed by atoms with E-state index in [0.29, 0.717) is 11.3 Å². The fourth-order valence-corrected chi connectivity index (χ4v) is 1.15. The molecule has 1 atom stereocenters. The van der Waals surface area contributed by atoms with Crippen molar-refractivity contribution in [1.82, 2.24) is 0 Å². The molecule has 0 fully saturated rings. The number of aliphatic carboxylic acids is 1. The molecular formula is C10H12N2O3. The molecule has 0 saturated heterocycles. The van der Waals surface area contributed by atoms with Crippen LogP contribution in [0.4, 0.5) is 5.69 Å². The maximum Gasteiger partial charge on any atom is 0.320 e. The van der Waals surface area contributed by atoms with Crippen LogP contribution in [0, 0.1) is 0 Å². The molecule has 0 spiro atoms. The number of carboxylic acid groups (broad SMARTS) is 1. The minimum absolute atomic E-state index is 0.246. The lowest BCUT2D eigenvalue weighted by Crippen LogP contribution is -2.32. The maximum atomic E-state index is 11.6. The summed E-state index contributed by atoms with van der Waals surface area (Å²) in [4.78, 5) is 22.0. The van der Waals surface area contributed by atoms with Gasteiger partial charge in [-0.2, -0.15) is 0 Å². The van der Waals surface area contributed by atoms with Crippen LogP contribution in [0.5, 0.6) is 0 Å². The Balaban J connectivity index is 2.78. The second-order valence-electron chi connectivity index (χ2n) is 3.16. The van der Waals surface area contributed by atoms with Crippen LogP contribution < -0.4 is 11.5 Å². The van der Waals surface area contributed by atoms with E-state index in [4.69, 9.17) is 16.6 Å². The summed E-state index contributed by atoms with van der Waals surface area (Å²) in [6.45, 7) is 0. The SMILES string of the molecule is Nc1ccccc1[13C](=O)[13CH2][13CH]([13NH2])[13C](=O)O. The van der Waals surface area contributed by atoms with Crippen molar-refractivity contribution in [2.24, 2.45) is 5.73 Å². The first-order chi connectivity index (χ1) is 7.02. The first-order valence-electron chi connectivity index (χ1n) is 4.38. The molecule has 0 aliphatic rings. The lowest BCUT2D eigenvalue weighted by molar-refractivity contribution is -0.138.